The molecule has 36 heavy (non-hydrogen) atoms. The van der Waals surface area contributed by atoms with E-state index in [-0.39, 0.29) is 35.1 Å². The number of rotatable bonds is 7. The summed E-state index contributed by atoms with van der Waals surface area (Å²) in [6.45, 7) is 11.1. The van der Waals surface area contributed by atoms with Crippen molar-refractivity contribution in [2.75, 3.05) is 12.4 Å². The zero-order valence-corrected chi connectivity index (χ0v) is 22.6. The van der Waals surface area contributed by atoms with E-state index >= 15 is 0 Å². The molecule has 3 rings (SSSR count). The number of aliphatic hydroxyl groups excluding tert-OH is 1. The van der Waals surface area contributed by atoms with Crippen LogP contribution < -0.4 is 5.32 Å². The van der Waals surface area contributed by atoms with E-state index in [4.69, 9.17) is 4.74 Å². The van der Waals surface area contributed by atoms with Crippen molar-refractivity contribution in [2.24, 2.45) is 5.92 Å². The number of nitrogens with zero attached hydrogens (tertiary/aromatic N) is 1. The van der Waals surface area contributed by atoms with Crippen LogP contribution in [-0.2, 0) is 21.1 Å². The Kier molecular flexibility index (Phi) is 8.15. The molecule has 0 fully saturated rings. The van der Waals surface area contributed by atoms with Gasteiger partial charge in [0.15, 0.2) is 9.84 Å². The number of hydrogen-bond acceptors (Lipinski definition) is 6. The van der Waals surface area contributed by atoms with Gasteiger partial charge in [0.05, 0.1) is 35.9 Å². The zero-order chi connectivity index (χ0) is 26.8. The second-order valence-electron chi connectivity index (χ2n) is 10.4. The van der Waals surface area contributed by atoms with E-state index in [1.165, 1.54) is 12.1 Å². The number of fused-ring (bicyclic) bond motifs is 1. The molecule has 2 amide bonds. The maximum atomic E-state index is 13.1. The fraction of sp³-hybridized carbons (Fsp3) is 0.481. The number of ether oxygens (including phenoxy) is 1. The summed E-state index contributed by atoms with van der Waals surface area (Å²) in [5.74, 6) is -0.232. The molecule has 2 N–H and O–H groups in total. The topological polar surface area (TPSA) is 113 Å². The van der Waals surface area contributed by atoms with Gasteiger partial charge in [0, 0.05) is 5.56 Å². The Morgan fingerprint density at radius 2 is 1.78 bits per heavy atom. The van der Waals surface area contributed by atoms with Gasteiger partial charge in [0.2, 0.25) is 0 Å². The van der Waals surface area contributed by atoms with Crippen LogP contribution in [0.3, 0.4) is 0 Å². The van der Waals surface area contributed by atoms with Gasteiger partial charge in [-0.3, -0.25) is 9.69 Å². The van der Waals surface area contributed by atoms with E-state index in [0.29, 0.717) is 17.7 Å². The van der Waals surface area contributed by atoms with Crippen molar-refractivity contribution in [3.8, 4) is 0 Å². The summed E-state index contributed by atoms with van der Waals surface area (Å²) in [5.41, 5.74) is 2.25. The highest BCUT2D eigenvalue weighted by atomic mass is 32.2. The molecule has 8 nitrogen and oxygen atoms in total. The first-order valence-corrected chi connectivity index (χ1v) is 13.8. The Balaban J connectivity index is 1.80. The third kappa shape index (κ3) is 6.07. The largest absolute Gasteiger partial charge is 0.444 e. The molecule has 1 heterocycles. The molecule has 2 aromatic rings. The molecule has 0 aliphatic carbocycles. The lowest BCUT2D eigenvalue weighted by Gasteiger charge is -2.30. The van der Waals surface area contributed by atoms with Crippen LogP contribution in [0.4, 0.5) is 4.79 Å². The predicted molar refractivity (Wildman–Crippen MR) is 137 cm³/mol. The first-order valence-electron chi connectivity index (χ1n) is 12.1. The molecule has 0 saturated carbocycles. The van der Waals surface area contributed by atoms with Crippen molar-refractivity contribution in [2.45, 2.75) is 70.7 Å². The van der Waals surface area contributed by atoms with Gasteiger partial charge >= 0.3 is 6.09 Å². The minimum Gasteiger partial charge on any atom is -0.444 e. The van der Waals surface area contributed by atoms with E-state index in [9.17, 15) is 23.1 Å². The molecule has 1 aliphatic rings. The summed E-state index contributed by atoms with van der Waals surface area (Å²) >= 11 is 0. The number of benzene rings is 2. The van der Waals surface area contributed by atoms with Crippen molar-refractivity contribution < 1.29 is 27.9 Å². The quantitative estimate of drug-likeness (QED) is 0.564. The van der Waals surface area contributed by atoms with Gasteiger partial charge in [-0.2, -0.15) is 0 Å². The number of carbonyl (C=O) groups excluding carboxylic acids is 2. The van der Waals surface area contributed by atoms with Crippen LogP contribution in [0.15, 0.2) is 47.4 Å². The van der Waals surface area contributed by atoms with Crippen LogP contribution in [0, 0.1) is 5.92 Å². The summed E-state index contributed by atoms with van der Waals surface area (Å²) in [7, 11) is -3.34. The standard InChI is InChI=1S/C27H36N2O6S/c1-7-36(33,34)21-11-8-18(9-12-21)23(16-30)28-25(31)19-10-13-22-20(14-19)15-29(24(22)17(2)3)26(32)35-27(4,5)6/h8-14,17,23-24,30H,7,15-16H2,1-6H3,(H,28,31)/t23-,24-/m0/s1. The van der Waals surface area contributed by atoms with Crippen molar-refractivity contribution in [3.63, 3.8) is 0 Å². The fourth-order valence-corrected chi connectivity index (χ4v) is 5.27. The van der Waals surface area contributed by atoms with Gasteiger partial charge in [-0.15, -0.1) is 0 Å². The lowest BCUT2D eigenvalue weighted by molar-refractivity contribution is 0.0127. The van der Waals surface area contributed by atoms with Crippen molar-refractivity contribution in [3.05, 3.63) is 64.7 Å². The minimum atomic E-state index is -3.34. The molecule has 0 saturated heterocycles. The van der Waals surface area contributed by atoms with Gasteiger partial charge in [0.1, 0.15) is 5.60 Å². The van der Waals surface area contributed by atoms with Crippen LogP contribution in [0.2, 0.25) is 0 Å². The third-order valence-electron chi connectivity index (χ3n) is 6.17. The summed E-state index contributed by atoms with van der Waals surface area (Å²) in [6.07, 6.45) is -0.391. The molecule has 0 radical (unpaired) electrons. The van der Waals surface area contributed by atoms with Gasteiger partial charge in [0.25, 0.3) is 5.91 Å². The molecule has 1 aliphatic heterocycles. The van der Waals surface area contributed by atoms with E-state index in [1.54, 1.807) is 36.1 Å². The van der Waals surface area contributed by atoms with E-state index in [1.807, 2.05) is 40.7 Å². The van der Waals surface area contributed by atoms with Crippen LogP contribution >= 0.6 is 0 Å². The molecule has 196 valence electrons. The molecule has 0 unspecified atom stereocenters. The van der Waals surface area contributed by atoms with E-state index in [2.05, 4.69) is 5.32 Å². The molecular formula is C27H36N2O6S. The lowest BCUT2D eigenvalue weighted by atomic mass is 9.94. The second-order valence-corrected chi connectivity index (χ2v) is 12.7. The Morgan fingerprint density at radius 3 is 2.31 bits per heavy atom. The average Bonchev–Trinajstić information content (AvgIpc) is 3.21. The highest BCUT2D eigenvalue weighted by molar-refractivity contribution is 7.91. The SMILES string of the molecule is CCS(=O)(=O)c1ccc([C@H](CO)NC(=O)c2ccc3c(c2)CN(C(=O)OC(C)(C)C)[C@H]3C(C)C)cc1. The third-order valence-corrected chi connectivity index (χ3v) is 7.92. The Morgan fingerprint density at radius 1 is 1.14 bits per heavy atom. The van der Waals surface area contributed by atoms with Crippen LogP contribution in [0.1, 0.15) is 80.7 Å². The Labute approximate surface area is 213 Å². The summed E-state index contributed by atoms with van der Waals surface area (Å²) in [6, 6.07) is 10.7. The molecule has 0 bridgehead atoms. The van der Waals surface area contributed by atoms with Crippen LogP contribution in [0.5, 0.6) is 0 Å². The highest BCUT2D eigenvalue weighted by Crippen LogP contribution is 2.40. The number of carbonyl (C=O) groups is 2. The number of amides is 2. The Bertz CT molecular complexity index is 1220. The van der Waals surface area contributed by atoms with E-state index < -0.39 is 27.6 Å². The molecule has 2 aromatic carbocycles. The first-order chi connectivity index (χ1) is 16.8. The first kappa shape index (κ1) is 27.7. The number of aliphatic hydroxyl groups is 1. The number of nitrogens with one attached hydrogen (secondary N) is 1. The summed E-state index contributed by atoms with van der Waals surface area (Å²) < 4.78 is 29.7. The smallest absolute Gasteiger partial charge is 0.411 e. The van der Waals surface area contributed by atoms with Gasteiger partial charge < -0.3 is 15.2 Å². The maximum absolute atomic E-state index is 13.1. The van der Waals surface area contributed by atoms with Crippen molar-refractivity contribution >= 4 is 21.8 Å². The summed E-state index contributed by atoms with van der Waals surface area (Å²) in [4.78, 5) is 27.8. The van der Waals surface area contributed by atoms with Crippen LogP contribution in [-0.4, -0.2) is 48.4 Å². The fourth-order valence-electron chi connectivity index (χ4n) is 4.39. The zero-order valence-electron chi connectivity index (χ0n) is 21.7. The minimum absolute atomic E-state index is 0.00609. The van der Waals surface area contributed by atoms with Gasteiger partial charge in [-0.25, -0.2) is 13.2 Å². The molecular weight excluding hydrogens is 480 g/mol. The normalized spacial score (nSPS) is 16.6. The van der Waals surface area contributed by atoms with E-state index in [0.717, 1.165) is 11.1 Å². The maximum Gasteiger partial charge on any atom is 0.411 e. The van der Waals surface area contributed by atoms with Gasteiger partial charge in [-0.05, 0) is 67.6 Å². The van der Waals surface area contributed by atoms with Crippen molar-refractivity contribution in [1.82, 2.24) is 10.2 Å². The monoisotopic (exact) mass is 516 g/mol. The average molecular weight is 517 g/mol. The lowest BCUT2D eigenvalue weighted by Crippen LogP contribution is -2.37. The second kappa shape index (κ2) is 10.6. The predicted octanol–water partition coefficient (Wildman–Crippen LogP) is 4.39. The Hall–Kier alpha value is -2.91. The van der Waals surface area contributed by atoms with Gasteiger partial charge in [-0.1, -0.05) is 39.0 Å². The molecule has 0 aromatic heterocycles. The molecule has 2 atom stereocenters. The summed E-state index contributed by atoms with van der Waals surface area (Å²) in [5, 5.41) is 12.7. The van der Waals surface area contributed by atoms with Crippen molar-refractivity contribution in [1.29, 1.82) is 0 Å². The van der Waals surface area contributed by atoms with Crippen LogP contribution in [0.25, 0.3) is 0 Å². The highest BCUT2D eigenvalue weighted by Gasteiger charge is 2.38. The number of hydrogen-bond donors (Lipinski definition) is 2. The molecule has 0 spiro atoms. The molecule has 9 heteroatoms. The number of sulfone groups is 1.